The highest BCUT2D eigenvalue weighted by atomic mass is 16.5. The van der Waals surface area contributed by atoms with Gasteiger partial charge in [0.05, 0.1) is 12.3 Å². The Morgan fingerprint density at radius 1 is 1.43 bits per heavy atom. The molecule has 3 rings (SSSR count). The molecule has 1 aromatic heterocycles. The van der Waals surface area contributed by atoms with Crippen LogP contribution >= 0.6 is 0 Å². The summed E-state index contributed by atoms with van der Waals surface area (Å²) in [4.78, 5) is 4.69. The van der Waals surface area contributed by atoms with Gasteiger partial charge in [0.1, 0.15) is 11.6 Å². The van der Waals surface area contributed by atoms with Gasteiger partial charge in [0.15, 0.2) is 5.82 Å². The van der Waals surface area contributed by atoms with Crippen molar-refractivity contribution >= 4 is 5.69 Å². The van der Waals surface area contributed by atoms with E-state index in [0.29, 0.717) is 18.2 Å². The maximum Gasteiger partial charge on any atom is 0.181 e. The number of aromatic nitrogens is 3. The fraction of sp³-hybridized carbons (Fsp3) is 0.500. The molecule has 21 heavy (non-hydrogen) atoms. The van der Waals surface area contributed by atoms with Gasteiger partial charge >= 0.3 is 0 Å². The Hall–Kier alpha value is -2.04. The second-order valence-electron chi connectivity index (χ2n) is 5.66. The third-order valence-corrected chi connectivity index (χ3v) is 3.88. The molecule has 0 fully saturated rings. The van der Waals surface area contributed by atoms with Gasteiger partial charge in [-0.3, -0.25) is 0 Å². The number of nitrogens with zero attached hydrogens (tertiary/aromatic N) is 3. The van der Waals surface area contributed by atoms with Crippen molar-refractivity contribution in [3.05, 3.63) is 24.0 Å². The lowest BCUT2D eigenvalue weighted by atomic mass is 10.0. The van der Waals surface area contributed by atoms with E-state index in [2.05, 4.69) is 18.9 Å². The number of hydrogen-bond acceptors (Lipinski definition) is 4. The van der Waals surface area contributed by atoms with Crippen LogP contribution in [-0.2, 0) is 6.54 Å². The highest BCUT2D eigenvalue weighted by molar-refractivity contribution is 5.66. The van der Waals surface area contributed by atoms with Crippen LogP contribution in [-0.4, -0.2) is 21.4 Å². The number of fused-ring (bicyclic) bond motifs is 1. The first-order chi connectivity index (χ1) is 10.2. The summed E-state index contributed by atoms with van der Waals surface area (Å²) in [6.07, 6.45) is 3.32. The lowest BCUT2D eigenvalue weighted by Crippen LogP contribution is -2.14. The van der Waals surface area contributed by atoms with Crippen molar-refractivity contribution in [2.45, 2.75) is 45.6 Å². The van der Waals surface area contributed by atoms with Crippen LogP contribution in [0.25, 0.3) is 11.4 Å². The molecule has 0 saturated heterocycles. The van der Waals surface area contributed by atoms with E-state index in [1.807, 2.05) is 22.9 Å². The summed E-state index contributed by atoms with van der Waals surface area (Å²) in [5.74, 6) is 3.05. The molecule has 1 atom stereocenters. The minimum absolute atomic E-state index is 0.476. The first-order valence-electron chi connectivity index (χ1n) is 7.66. The molecule has 1 aliphatic rings. The van der Waals surface area contributed by atoms with Crippen LogP contribution in [0.4, 0.5) is 5.69 Å². The molecule has 0 amide bonds. The molecule has 2 heterocycles. The molecule has 5 heteroatoms. The van der Waals surface area contributed by atoms with Crippen molar-refractivity contribution in [2.24, 2.45) is 0 Å². The fourth-order valence-corrected chi connectivity index (χ4v) is 2.71. The zero-order valence-electron chi connectivity index (χ0n) is 12.7. The number of benzene rings is 1. The van der Waals surface area contributed by atoms with E-state index in [1.165, 1.54) is 12.8 Å². The van der Waals surface area contributed by atoms with Crippen molar-refractivity contribution in [3.63, 3.8) is 0 Å². The van der Waals surface area contributed by atoms with E-state index in [1.54, 1.807) is 0 Å². The monoisotopic (exact) mass is 286 g/mol. The topological polar surface area (TPSA) is 66.0 Å². The molecule has 112 valence electrons. The number of hydrogen-bond donors (Lipinski definition) is 1. The van der Waals surface area contributed by atoms with Crippen LogP contribution in [0.2, 0.25) is 0 Å². The smallest absolute Gasteiger partial charge is 0.181 e. The summed E-state index contributed by atoms with van der Waals surface area (Å²) >= 11 is 0. The first kappa shape index (κ1) is 13.9. The van der Waals surface area contributed by atoms with Gasteiger partial charge in [0.2, 0.25) is 0 Å². The molecule has 1 aromatic carbocycles. The van der Waals surface area contributed by atoms with Crippen molar-refractivity contribution in [1.29, 1.82) is 0 Å². The molecule has 1 unspecified atom stereocenters. The Kier molecular flexibility index (Phi) is 3.82. The number of nitrogens with two attached hydrogens (primary N) is 1. The minimum Gasteiger partial charge on any atom is -0.491 e. The molecule has 2 N–H and O–H groups in total. The third kappa shape index (κ3) is 2.73. The van der Waals surface area contributed by atoms with E-state index in [4.69, 9.17) is 15.5 Å². The van der Waals surface area contributed by atoms with Crippen LogP contribution in [0.5, 0.6) is 5.75 Å². The Balaban J connectivity index is 1.89. The summed E-state index contributed by atoms with van der Waals surface area (Å²) in [5, 5.41) is 4.61. The van der Waals surface area contributed by atoms with Gasteiger partial charge in [-0.1, -0.05) is 13.8 Å². The number of nitrogen functional groups attached to an aromatic ring is 1. The Bertz CT molecular complexity index is 635. The maximum absolute atomic E-state index is 6.06. The lowest BCUT2D eigenvalue weighted by molar-refractivity contribution is 0.319. The van der Waals surface area contributed by atoms with Crippen LogP contribution in [0.3, 0.4) is 0 Å². The molecule has 0 aliphatic carbocycles. The summed E-state index contributed by atoms with van der Waals surface area (Å²) in [7, 11) is 0. The van der Waals surface area contributed by atoms with Gasteiger partial charge in [0.25, 0.3) is 0 Å². The zero-order valence-corrected chi connectivity index (χ0v) is 12.7. The van der Waals surface area contributed by atoms with E-state index in [-0.39, 0.29) is 0 Å². The van der Waals surface area contributed by atoms with Crippen molar-refractivity contribution in [2.75, 3.05) is 12.3 Å². The van der Waals surface area contributed by atoms with Crippen molar-refractivity contribution < 1.29 is 4.74 Å². The molecular formula is C16H22N4O. The molecule has 5 nitrogen and oxygen atoms in total. The second kappa shape index (κ2) is 5.76. The predicted molar refractivity (Wildman–Crippen MR) is 83.3 cm³/mol. The maximum atomic E-state index is 6.06. The van der Waals surface area contributed by atoms with Gasteiger partial charge in [-0.15, -0.1) is 0 Å². The summed E-state index contributed by atoms with van der Waals surface area (Å²) < 4.78 is 7.63. The molecule has 2 aromatic rings. The number of aryl methyl sites for hydroxylation is 1. The number of ether oxygens (including phenoxy) is 1. The van der Waals surface area contributed by atoms with E-state index in [0.717, 1.165) is 35.9 Å². The van der Waals surface area contributed by atoms with E-state index < -0.39 is 0 Å². The Labute approximate surface area is 125 Å². The quantitative estimate of drug-likeness (QED) is 0.876. The van der Waals surface area contributed by atoms with Gasteiger partial charge in [-0.2, -0.15) is 5.10 Å². The summed E-state index contributed by atoms with van der Waals surface area (Å²) in [6, 6.07) is 5.79. The molecular weight excluding hydrogens is 264 g/mol. The highest BCUT2D eigenvalue weighted by Gasteiger charge is 2.21. The van der Waals surface area contributed by atoms with Gasteiger partial charge in [-0.05, 0) is 37.5 Å². The molecule has 0 bridgehead atoms. The average Bonchev–Trinajstić information content (AvgIpc) is 2.91. The largest absolute Gasteiger partial charge is 0.491 e. The standard InChI is InChI=1S/C16H22N4O/c1-3-9-21-14-7-6-12(10-13(14)17)15-18-16-11(2)5-4-8-20(16)19-15/h6-7,10-11H,3-5,8-9,17H2,1-2H3. The highest BCUT2D eigenvalue weighted by Crippen LogP contribution is 2.30. The Morgan fingerprint density at radius 2 is 2.29 bits per heavy atom. The predicted octanol–water partition coefficient (Wildman–Crippen LogP) is 3.21. The Morgan fingerprint density at radius 3 is 3.00 bits per heavy atom. The minimum atomic E-state index is 0.476. The summed E-state index contributed by atoms with van der Waals surface area (Å²) in [6.45, 7) is 5.92. The number of rotatable bonds is 4. The fourth-order valence-electron chi connectivity index (χ4n) is 2.71. The van der Waals surface area contributed by atoms with Gasteiger partial charge in [-0.25, -0.2) is 9.67 Å². The third-order valence-electron chi connectivity index (χ3n) is 3.88. The number of anilines is 1. The van der Waals surface area contributed by atoms with Gasteiger partial charge < -0.3 is 10.5 Å². The van der Waals surface area contributed by atoms with E-state index in [9.17, 15) is 0 Å². The summed E-state index contributed by atoms with van der Waals surface area (Å²) in [5.41, 5.74) is 7.65. The van der Waals surface area contributed by atoms with Crippen molar-refractivity contribution in [3.8, 4) is 17.1 Å². The van der Waals surface area contributed by atoms with Crippen LogP contribution in [0, 0.1) is 0 Å². The lowest BCUT2D eigenvalue weighted by Gasteiger charge is -2.17. The average molecular weight is 286 g/mol. The van der Waals surface area contributed by atoms with Crippen LogP contribution in [0.15, 0.2) is 18.2 Å². The van der Waals surface area contributed by atoms with E-state index >= 15 is 0 Å². The normalized spacial score (nSPS) is 17.5. The second-order valence-corrected chi connectivity index (χ2v) is 5.66. The zero-order chi connectivity index (χ0) is 14.8. The van der Waals surface area contributed by atoms with Crippen LogP contribution in [0.1, 0.15) is 44.9 Å². The van der Waals surface area contributed by atoms with Crippen LogP contribution < -0.4 is 10.5 Å². The molecule has 0 spiro atoms. The first-order valence-corrected chi connectivity index (χ1v) is 7.66. The SMILES string of the molecule is CCCOc1ccc(-c2nc3n(n2)CCCC3C)cc1N. The van der Waals surface area contributed by atoms with Gasteiger partial charge in [0, 0.05) is 18.0 Å². The van der Waals surface area contributed by atoms with Crippen molar-refractivity contribution in [1.82, 2.24) is 14.8 Å². The molecule has 1 aliphatic heterocycles. The molecule has 0 radical (unpaired) electrons. The molecule has 0 saturated carbocycles.